The first kappa shape index (κ1) is 12.8. The molecule has 1 amide bonds. The van der Waals surface area contributed by atoms with Crippen molar-refractivity contribution in [1.29, 1.82) is 0 Å². The Labute approximate surface area is 96.8 Å². The third-order valence-corrected chi connectivity index (χ3v) is 4.06. The molecule has 3 nitrogen and oxygen atoms in total. The number of thioether (sulfide) groups is 1. The highest BCUT2D eigenvalue weighted by Crippen LogP contribution is 2.25. The number of amides is 1. The maximum atomic E-state index is 11.3. The van der Waals surface area contributed by atoms with E-state index in [0.29, 0.717) is 11.3 Å². The summed E-state index contributed by atoms with van der Waals surface area (Å²) < 4.78 is 0. The molecule has 1 fully saturated rings. The Kier molecular flexibility index (Phi) is 5.47. The second kappa shape index (κ2) is 6.38. The maximum Gasteiger partial charge on any atom is 0.222 e. The highest BCUT2D eigenvalue weighted by Gasteiger charge is 2.22. The molecule has 0 aliphatic carbocycles. The predicted molar refractivity (Wildman–Crippen MR) is 66.2 cm³/mol. The zero-order chi connectivity index (χ0) is 11.3. The molecule has 0 bridgehead atoms. The minimum atomic E-state index is 0.0889. The fourth-order valence-corrected chi connectivity index (χ4v) is 2.87. The topological polar surface area (TPSA) is 41.1 Å². The highest BCUT2D eigenvalue weighted by molar-refractivity contribution is 8.00. The van der Waals surface area contributed by atoms with Gasteiger partial charge in [-0.25, -0.2) is 0 Å². The van der Waals surface area contributed by atoms with E-state index in [-0.39, 0.29) is 11.8 Å². The van der Waals surface area contributed by atoms with Crippen LogP contribution in [0.15, 0.2) is 0 Å². The number of carbonyl (C=O) groups is 1. The van der Waals surface area contributed by atoms with E-state index >= 15 is 0 Å². The summed E-state index contributed by atoms with van der Waals surface area (Å²) in [6.45, 7) is 7.72. The summed E-state index contributed by atoms with van der Waals surface area (Å²) in [7, 11) is 0. The van der Waals surface area contributed by atoms with Gasteiger partial charge in [-0.2, -0.15) is 11.8 Å². The van der Waals surface area contributed by atoms with Crippen LogP contribution in [0.3, 0.4) is 0 Å². The molecule has 1 rings (SSSR count). The molecule has 1 aliphatic rings. The van der Waals surface area contributed by atoms with E-state index in [2.05, 4.69) is 17.6 Å². The van der Waals surface area contributed by atoms with Crippen LogP contribution in [-0.2, 0) is 4.79 Å². The van der Waals surface area contributed by atoms with Crippen molar-refractivity contribution in [2.24, 2.45) is 5.92 Å². The average Bonchev–Trinajstić information content (AvgIpc) is 2.58. The van der Waals surface area contributed by atoms with Gasteiger partial charge in [0.1, 0.15) is 0 Å². The maximum absolute atomic E-state index is 11.3. The lowest BCUT2D eigenvalue weighted by atomic mass is 10.2. The summed E-state index contributed by atoms with van der Waals surface area (Å²) in [5.74, 6) is 1.49. The average molecular weight is 230 g/mol. The quantitative estimate of drug-likeness (QED) is 0.698. The molecule has 1 saturated heterocycles. The molecule has 88 valence electrons. The molecule has 2 atom stereocenters. The van der Waals surface area contributed by atoms with Gasteiger partial charge in [-0.05, 0) is 12.2 Å². The SMILES string of the molecule is CC(C)C(=O)NCCNC1CCSC1C. The Hall–Kier alpha value is -0.220. The van der Waals surface area contributed by atoms with Gasteiger partial charge >= 0.3 is 0 Å². The van der Waals surface area contributed by atoms with Crippen LogP contribution in [0.25, 0.3) is 0 Å². The minimum Gasteiger partial charge on any atom is -0.355 e. The van der Waals surface area contributed by atoms with Crippen LogP contribution in [0.4, 0.5) is 0 Å². The third kappa shape index (κ3) is 4.43. The predicted octanol–water partition coefficient (Wildman–Crippen LogP) is 1.24. The zero-order valence-electron chi connectivity index (χ0n) is 9.88. The molecule has 0 radical (unpaired) electrons. The van der Waals surface area contributed by atoms with E-state index in [4.69, 9.17) is 0 Å². The summed E-state index contributed by atoms with van der Waals surface area (Å²) in [6.07, 6.45) is 1.25. The van der Waals surface area contributed by atoms with E-state index < -0.39 is 0 Å². The normalized spacial score (nSPS) is 25.9. The van der Waals surface area contributed by atoms with Crippen molar-refractivity contribution < 1.29 is 4.79 Å². The van der Waals surface area contributed by atoms with Crippen molar-refractivity contribution in [3.05, 3.63) is 0 Å². The largest absolute Gasteiger partial charge is 0.355 e. The lowest BCUT2D eigenvalue weighted by molar-refractivity contribution is -0.123. The molecular weight excluding hydrogens is 208 g/mol. The second-order valence-electron chi connectivity index (χ2n) is 4.37. The molecule has 0 aromatic carbocycles. The van der Waals surface area contributed by atoms with Gasteiger partial charge < -0.3 is 10.6 Å². The van der Waals surface area contributed by atoms with Gasteiger partial charge in [-0.3, -0.25) is 4.79 Å². The molecule has 2 unspecified atom stereocenters. The van der Waals surface area contributed by atoms with Crippen molar-refractivity contribution in [3.8, 4) is 0 Å². The first-order valence-corrected chi connectivity index (χ1v) is 6.79. The smallest absolute Gasteiger partial charge is 0.222 e. The van der Waals surface area contributed by atoms with Gasteiger partial charge in [0.15, 0.2) is 0 Å². The lowest BCUT2D eigenvalue weighted by Crippen LogP contribution is -2.40. The Morgan fingerprint density at radius 2 is 2.20 bits per heavy atom. The van der Waals surface area contributed by atoms with E-state index in [0.717, 1.165) is 13.1 Å². The Morgan fingerprint density at radius 3 is 2.73 bits per heavy atom. The second-order valence-corrected chi connectivity index (χ2v) is 5.86. The number of hydrogen-bond acceptors (Lipinski definition) is 3. The van der Waals surface area contributed by atoms with Crippen LogP contribution in [0, 0.1) is 5.92 Å². The van der Waals surface area contributed by atoms with Crippen LogP contribution in [0.2, 0.25) is 0 Å². The minimum absolute atomic E-state index is 0.0889. The fourth-order valence-electron chi connectivity index (χ4n) is 1.65. The van der Waals surface area contributed by atoms with Gasteiger partial charge in [-0.15, -0.1) is 0 Å². The Morgan fingerprint density at radius 1 is 1.47 bits per heavy atom. The van der Waals surface area contributed by atoms with Crippen molar-refractivity contribution >= 4 is 17.7 Å². The first-order chi connectivity index (χ1) is 7.11. The highest BCUT2D eigenvalue weighted by atomic mass is 32.2. The van der Waals surface area contributed by atoms with Gasteiger partial charge in [-0.1, -0.05) is 20.8 Å². The van der Waals surface area contributed by atoms with Gasteiger partial charge in [0.25, 0.3) is 0 Å². The molecule has 15 heavy (non-hydrogen) atoms. The van der Waals surface area contributed by atoms with Crippen molar-refractivity contribution in [1.82, 2.24) is 10.6 Å². The summed E-state index contributed by atoms with van der Waals surface area (Å²) in [4.78, 5) is 11.3. The molecule has 1 heterocycles. The number of rotatable bonds is 5. The van der Waals surface area contributed by atoms with Crippen molar-refractivity contribution in [3.63, 3.8) is 0 Å². The van der Waals surface area contributed by atoms with Crippen LogP contribution < -0.4 is 10.6 Å². The van der Waals surface area contributed by atoms with Crippen LogP contribution >= 0.6 is 11.8 Å². The number of carbonyl (C=O) groups excluding carboxylic acids is 1. The summed E-state index contributed by atoms with van der Waals surface area (Å²) in [5, 5.41) is 7.12. The summed E-state index contributed by atoms with van der Waals surface area (Å²) >= 11 is 2.02. The van der Waals surface area contributed by atoms with Crippen LogP contribution in [0.5, 0.6) is 0 Å². The lowest BCUT2D eigenvalue weighted by Gasteiger charge is -2.16. The monoisotopic (exact) mass is 230 g/mol. The molecule has 0 aromatic rings. The number of hydrogen-bond donors (Lipinski definition) is 2. The zero-order valence-corrected chi connectivity index (χ0v) is 10.7. The van der Waals surface area contributed by atoms with Crippen LogP contribution in [-0.4, -0.2) is 36.0 Å². The number of nitrogens with one attached hydrogen (secondary N) is 2. The molecule has 0 spiro atoms. The molecular formula is C11H22N2OS. The van der Waals surface area contributed by atoms with Crippen LogP contribution in [0.1, 0.15) is 27.2 Å². The molecule has 2 N–H and O–H groups in total. The van der Waals surface area contributed by atoms with E-state index in [1.54, 1.807) is 0 Å². The van der Waals surface area contributed by atoms with Crippen molar-refractivity contribution in [2.45, 2.75) is 38.5 Å². The standard InChI is InChI=1S/C11H22N2OS/c1-8(2)11(14)13-6-5-12-10-4-7-15-9(10)3/h8-10,12H,4-7H2,1-3H3,(H,13,14). The summed E-state index contributed by atoms with van der Waals surface area (Å²) in [6, 6.07) is 0.631. The summed E-state index contributed by atoms with van der Waals surface area (Å²) in [5.41, 5.74) is 0. The van der Waals surface area contributed by atoms with Gasteiger partial charge in [0.05, 0.1) is 0 Å². The Balaban J connectivity index is 2.04. The molecule has 4 heteroatoms. The molecule has 0 aromatic heterocycles. The van der Waals surface area contributed by atoms with Gasteiger partial charge in [0.2, 0.25) is 5.91 Å². The Bertz CT molecular complexity index is 209. The first-order valence-electron chi connectivity index (χ1n) is 5.74. The van der Waals surface area contributed by atoms with Gasteiger partial charge in [0, 0.05) is 30.3 Å². The fraction of sp³-hybridized carbons (Fsp3) is 0.909. The third-order valence-electron chi connectivity index (χ3n) is 2.73. The van der Waals surface area contributed by atoms with E-state index in [9.17, 15) is 4.79 Å². The van der Waals surface area contributed by atoms with Crippen molar-refractivity contribution in [2.75, 3.05) is 18.8 Å². The van der Waals surface area contributed by atoms with E-state index in [1.807, 2.05) is 25.6 Å². The molecule has 0 saturated carbocycles. The van der Waals surface area contributed by atoms with E-state index in [1.165, 1.54) is 12.2 Å². The molecule has 1 aliphatic heterocycles.